The molecule has 14 heteroatoms. The van der Waals surface area contributed by atoms with Crippen LogP contribution in [0.2, 0.25) is 0 Å². The summed E-state index contributed by atoms with van der Waals surface area (Å²) in [7, 11) is 1.12. The summed E-state index contributed by atoms with van der Waals surface area (Å²) in [5, 5.41) is 27.1. The number of rotatable bonds is 13. The van der Waals surface area contributed by atoms with Crippen molar-refractivity contribution < 1.29 is 74.5 Å². The summed E-state index contributed by atoms with van der Waals surface area (Å²) in [5.74, 6) is -3.82. The van der Waals surface area contributed by atoms with E-state index < -0.39 is 29.3 Å². The summed E-state index contributed by atoms with van der Waals surface area (Å²) < 4.78 is 33.4. The number of aliphatic hydroxyl groups is 1. The molecule has 3 N–H and O–H groups in total. The van der Waals surface area contributed by atoms with Crippen molar-refractivity contribution in [2.75, 3.05) is 13.7 Å². The summed E-state index contributed by atoms with van der Waals surface area (Å²) in [5.41, 5.74) is -1.79. The normalized spacial score (nSPS) is 10.7. The first-order valence-corrected chi connectivity index (χ1v) is 11.1. The summed E-state index contributed by atoms with van der Waals surface area (Å²) in [6, 6.07) is 13.3. The van der Waals surface area contributed by atoms with Gasteiger partial charge in [0, 0.05) is 25.1 Å². The molecule has 0 aromatic heterocycles. The van der Waals surface area contributed by atoms with E-state index in [-0.39, 0.29) is 109 Å². The standard InChI is InChI=1S/C13H15FO5.C7H10O5.C6H4F.BrH.Mg/c1-19-12(17)13(18,8-2-3-11(15)16)9-4-6-10(14)7-5-9;8-5-12-4-6(9)2-1-3-7(10)11;7-6-4-2-1-3-5-6;;/h4-7,18H,2-3,8H2,1H3,(H,15,16);5H,1-4H2,(H,10,11);2-5H;1H;/q;;-1;;+2/p-1. The molecule has 0 aliphatic carbocycles. The van der Waals surface area contributed by atoms with Gasteiger partial charge in [0.25, 0.3) is 6.47 Å². The quantitative estimate of drug-likeness (QED) is 0.114. The van der Waals surface area contributed by atoms with Crippen molar-refractivity contribution in [3.63, 3.8) is 0 Å². The van der Waals surface area contributed by atoms with E-state index in [1.165, 1.54) is 36.4 Å². The molecule has 0 aliphatic heterocycles. The van der Waals surface area contributed by atoms with E-state index in [4.69, 9.17) is 10.2 Å². The maximum Gasteiger partial charge on any atom is 2.00 e. The van der Waals surface area contributed by atoms with Gasteiger partial charge < -0.3 is 41.8 Å². The van der Waals surface area contributed by atoms with E-state index in [1.807, 2.05) is 0 Å². The van der Waals surface area contributed by atoms with Gasteiger partial charge in [0.15, 0.2) is 11.4 Å². The van der Waals surface area contributed by atoms with Gasteiger partial charge in [-0.05, 0) is 37.0 Å². The number of ketones is 1. The Balaban J connectivity index is -0.000000559. The third-order valence-electron chi connectivity index (χ3n) is 4.61. The molecular formula is C26H29BrF2MgO10. The fraction of sp³-hybridized carbons (Fsp3) is 0.346. The minimum atomic E-state index is -1.96. The molecule has 1 atom stereocenters. The van der Waals surface area contributed by atoms with Crippen LogP contribution in [0.25, 0.3) is 0 Å². The maximum absolute atomic E-state index is 12.8. The second kappa shape index (κ2) is 23.9. The zero-order chi connectivity index (χ0) is 29.0. The van der Waals surface area contributed by atoms with E-state index in [0.29, 0.717) is 0 Å². The van der Waals surface area contributed by atoms with Crippen LogP contribution < -0.4 is 17.0 Å². The van der Waals surface area contributed by atoms with Crippen molar-refractivity contribution in [3.8, 4) is 0 Å². The van der Waals surface area contributed by atoms with Crippen molar-refractivity contribution in [3.05, 3.63) is 71.8 Å². The van der Waals surface area contributed by atoms with Crippen LogP contribution in [0.4, 0.5) is 8.78 Å². The van der Waals surface area contributed by atoms with Crippen LogP contribution in [-0.2, 0) is 39.0 Å². The van der Waals surface area contributed by atoms with Gasteiger partial charge in [0.1, 0.15) is 12.4 Å². The van der Waals surface area contributed by atoms with Gasteiger partial charge in [0.2, 0.25) is 0 Å². The van der Waals surface area contributed by atoms with E-state index in [0.717, 1.165) is 19.2 Å². The van der Waals surface area contributed by atoms with Gasteiger partial charge in [-0.1, -0.05) is 12.1 Å². The summed E-state index contributed by atoms with van der Waals surface area (Å²) in [6.45, 7) is -0.0712. The molecule has 0 radical (unpaired) electrons. The topological polar surface area (TPSA) is 164 Å². The number of esters is 1. The Labute approximate surface area is 256 Å². The van der Waals surface area contributed by atoms with Crippen molar-refractivity contribution in [1.82, 2.24) is 0 Å². The predicted molar refractivity (Wildman–Crippen MR) is 133 cm³/mol. The van der Waals surface area contributed by atoms with Gasteiger partial charge in [-0.25, -0.2) is 13.6 Å². The first-order valence-electron chi connectivity index (χ1n) is 11.1. The van der Waals surface area contributed by atoms with E-state index >= 15 is 0 Å². The molecule has 1 unspecified atom stereocenters. The average molecular weight is 644 g/mol. The summed E-state index contributed by atoms with van der Waals surface area (Å²) in [6.07, 6.45) is 0.194. The fourth-order valence-corrected chi connectivity index (χ4v) is 2.76. The van der Waals surface area contributed by atoms with Crippen LogP contribution in [-0.4, -0.2) is 82.3 Å². The molecule has 2 rings (SSSR count). The molecule has 40 heavy (non-hydrogen) atoms. The zero-order valence-corrected chi connectivity index (χ0v) is 24.7. The number of Topliss-reactive ketones (excluding diaryl/α,β-unsaturated/α-hetero) is 1. The number of benzene rings is 2. The number of carboxylic acid groups (broad SMARTS) is 2. The smallest absolute Gasteiger partial charge is 1.00 e. The molecule has 0 spiro atoms. The Kier molecular flexibility index (Phi) is 24.8. The average Bonchev–Trinajstić information content (AvgIpc) is 2.88. The van der Waals surface area contributed by atoms with Gasteiger partial charge in [-0.2, -0.15) is 18.2 Å². The van der Waals surface area contributed by atoms with Crippen LogP contribution >= 0.6 is 0 Å². The number of aliphatic carboxylic acids is 2. The molecule has 10 nitrogen and oxygen atoms in total. The Hall–Kier alpha value is -2.94. The van der Waals surface area contributed by atoms with Gasteiger partial charge in [-0.3, -0.25) is 19.2 Å². The molecule has 216 valence electrons. The second-order valence-corrected chi connectivity index (χ2v) is 7.52. The molecule has 2 aromatic rings. The molecule has 0 bridgehead atoms. The Bertz CT molecular complexity index is 1030. The Morgan fingerprint density at radius 2 is 1.40 bits per heavy atom. The molecule has 0 fully saturated rings. The Morgan fingerprint density at radius 1 is 0.900 bits per heavy atom. The molecule has 0 aliphatic rings. The molecule has 0 saturated heterocycles. The van der Waals surface area contributed by atoms with Gasteiger partial charge in [-0.15, -0.1) is 12.1 Å². The molecule has 2 aromatic carbocycles. The number of methoxy groups -OCH3 is 1. The van der Waals surface area contributed by atoms with Crippen molar-refractivity contribution in [2.24, 2.45) is 0 Å². The molecule has 0 heterocycles. The van der Waals surface area contributed by atoms with E-state index in [9.17, 15) is 37.9 Å². The first-order chi connectivity index (χ1) is 18.0. The molecule has 0 amide bonds. The second-order valence-electron chi connectivity index (χ2n) is 7.52. The third-order valence-corrected chi connectivity index (χ3v) is 4.61. The number of hydrogen-bond acceptors (Lipinski definition) is 8. The minimum absolute atomic E-state index is 0. The number of carbonyl (C=O) groups is 5. The molecular weight excluding hydrogens is 614 g/mol. The largest absolute Gasteiger partial charge is 2.00 e. The van der Waals surface area contributed by atoms with Crippen LogP contribution in [0.5, 0.6) is 0 Å². The van der Waals surface area contributed by atoms with Crippen molar-refractivity contribution >= 4 is 53.2 Å². The number of ether oxygens (including phenoxy) is 2. The third kappa shape index (κ3) is 19.2. The first kappa shape index (κ1) is 41.5. The van der Waals surface area contributed by atoms with Gasteiger partial charge >= 0.3 is 41.0 Å². The van der Waals surface area contributed by atoms with Crippen LogP contribution in [0.15, 0.2) is 48.5 Å². The summed E-state index contributed by atoms with van der Waals surface area (Å²) in [4.78, 5) is 52.5. The maximum atomic E-state index is 12.8. The van der Waals surface area contributed by atoms with Crippen molar-refractivity contribution in [2.45, 2.75) is 44.1 Å². The minimum Gasteiger partial charge on any atom is -1.00 e. The van der Waals surface area contributed by atoms with E-state index in [1.54, 1.807) is 0 Å². The van der Waals surface area contributed by atoms with E-state index in [2.05, 4.69) is 15.5 Å². The van der Waals surface area contributed by atoms with Crippen LogP contribution in [0.3, 0.4) is 0 Å². The summed E-state index contributed by atoms with van der Waals surface area (Å²) >= 11 is 0. The fourth-order valence-electron chi connectivity index (χ4n) is 2.76. The zero-order valence-electron chi connectivity index (χ0n) is 21.7. The SMILES string of the molecule is COC(=O)C(O)(CCCC(=O)O)c1ccc(F)cc1.Fc1cc[c-]cc1.O=COCC(=O)CCCC(=O)O.[Br-].[Mg+2]. The predicted octanol–water partition coefficient (Wildman–Crippen LogP) is -0.326. The number of carbonyl (C=O) groups excluding carboxylic acids is 3. The van der Waals surface area contributed by atoms with Gasteiger partial charge in [0.05, 0.1) is 7.11 Å². The monoisotopic (exact) mass is 642 g/mol. The van der Waals surface area contributed by atoms with Crippen LogP contribution in [0, 0.1) is 17.7 Å². The van der Waals surface area contributed by atoms with Crippen molar-refractivity contribution in [1.29, 1.82) is 0 Å². The molecule has 0 saturated carbocycles. The number of carboxylic acids is 2. The van der Waals surface area contributed by atoms with Crippen LogP contribution in [0.1, 0.15) is 44.1 Å². The number of halogens is 3. The Morgan fingerprint density at radius 3 is 1.82 bits per heavy atom. The number of hydrogen-bond donors (Lipinski definition) is 3.